The van der Waals surface area contributed by atoms with Gasteiger partial charge in [0.1, 0.15) is 0 Å². The summed E-state index contributed by atoms with van der Waals surface area (Å²) < 4.78 is 0. The minimum atomic E-state index is -0.273. The van der Waals surface area contributed by atoms with Crippen LogP contribution in [-0.4, -0.2) is 28.6 Å². The van der Waals surface area contributed by atoms with Gasteiger partial charge in [-0.05, 0) is 35.1 Å². The lowest BCUT2D eigenvalue weighted by molar-refractivity contribution is -0.132. The highest BCUT2D eigenvalue weighted by molar-refractivity contribution is 5.79. The van der Waals surface area contributed by atoms with Crippen molar-refractivity contribution in [2.75, 3.05) is 6.61 Å². The van der Waals surface area contributed by atoms with E-state index in [0.29, 0.717) is 6.42 Å². The normalized spacial score (nSPS) is 17.7. The van der Waals surface area contributed by atoms with Gasteiger partial charge in [0.25, 0.3) is 0 Å². The summed E-state index contributed by atoms with van der Waals surface area (Å²) >= 11 is 0. The fraction of sp³-hybridized carbons (Fsp3) is 0.240. The lowest BCUT2D eigenvalue weighted by atomic mass is 9.98. The first-order chi connectivity index (χ1) is 13.8. The summed E-state index contributed by atoms with van der Waals surface area (Å²) in [4.78, 5) is 14.5. The Morgan fingerprint density at radius 3 is 2.11 bits per heavy atom. The second kappa shape index (κ2) is 8.41. The van der Waals surface area contributed by atoms with Gasteiger partial charge >= 0.3 is 0 Å². The Hall–Kier alpha value is -2.91. The van der Waals surface area contributed by atoms with Crippen LogP contribution in [-0.2, 0) is 11.2 Å². The minimum Gasteiger partial charge on any atom is -0.394 e. The summed E-state index contributed by atoms with van der Waals surface area (Å²) in [5.74, 6) is 0.133. The van der Waals surface area contributed by atoms with Crippen molar-refractivity contribution in [1.29, 1.82) is 0 Å². The third kappa shape index (κ3) is 3.85. The molecule has 1 fully saturated rings. The van der Waals surface area contributed by atoms with E-state index in [0.717, 1.165) is 18.4 Å². The van der Waals surface area contributed by atoms with Crippen LogP contribution in [0.4, 0.5) is 0 Å². The molecule has 1 aliphatic heterocycles. The first kappa shape index (κ1) is 18.5. The van der Waals surface area contributed by atoms with E-state index in [2.05, 4.69) is 36.4 Å². The molecule has 3 aromatic carbocycles. The molecule has 4 rings (SSSR count). The quantitative estimate of drug-likeness (QED) is 0.687. The SMILES string of the molecule is O=C1CCC(Cc2ccc(-c3ccccc3)cc2)N1[C@@H](CO)c1ccccc1. The lowest BCUT2D eigenvalue weighted by Gasteiger charge is -2.33. The highest BCUT2D eigenvalue weighted by Crippen LogP contribution is 2.32. The molecule has 0 aliphatic carbocycles. The fourth-order valence-electron chi connectivity index (χ4n) is 4.16. The highest BCUT2D eigenvalue weighted by atomic mass is 16.3. The van der Waals surface area contributed by atoms with Crippen LogP contribution in [0, 0.1) is 0 Å². The maximum absolute atomic E-state index is 12.6. The van der Waals surface area contributed by atoms with Crippen molar-refractivity contribution in [1.82, 2.24) is 4.90 Å². The summed E-state index contributed by atoms with van der Waals surface area (Å²) in [6, 6.07) is 28.6. The molecule has 1 heterocycles. The molecule has 3 heteroatoms. The molecule has 1 unspecified atom stereocenters. The average molecular weight is 371 g/mol. The number of carbonyl (C=O) groups excluding carboxylic acids is 1. The first-order valence-corrected chi connectivity index (χ1v) is 9.87. The Bertz CT molecular complexity index is 906. The number of amides is 1. The number of carbonyl (C=O) groups is 1. The Morgan fingerprint density at radius 1 is 0.857 bits per heavy atom. The maximum Gasteiger partial charge on any atom is 0.223 e. The van der Waals surface area contributed by atoms with Gasteiger partial charge in [0.2, 0.25) is 5.91 Å². The van der Waals surface area contributed by atoms with Crippen LogP contribution >= 0.6 is 0 Å². The summed E-state index contributed by atoms with van der Waals surface area (Å²) in [5.41, 5.74) is 4.61. The van der Waals surface area contributed by atoms with Gasteiger partial charge in [0.05, 0.1) is 12.6 Å². The second-order valence-corrected chi connectivity index (χ2v) is 7.37. The minimum absolute atomic E-state index is 0.0564. The van der Waals surface area contributed by atoms with E-state index in [9.17, 15) is 9.90 Å². The van der Waals surface area contributed by atoms with Crippen LogP contribution in [0.5, 0.6) is 0 Å². The van der Waals surface area contributed by atoms with E-state index < -0.39 is 0 Å². The van der Waals surface area contributed by atoms with E-state index in [1.54, 1.807) is 0 Å². The molecule has 0 bridgehead atoms. The Morgan fingerprint density at radius 2 is 1.46 bits per heavy atom. The maximum atomic E-state index is 12.6. The molecule has 28 heavy (non-hydrogen) atoms. The summed E-state index contributed by atoms with van der Waals surface area (Å²) in [5, 5.41) is 10.0. The molecule has 1 N–H and O–H groups in total. The fourth-order valence-corrected chi connectivity index (χ4v) is 4.16. The molecule has 142 valence electrons. The van der Waals surface area contributed by atoms with E-state index in [1.807, 2.05) is 53.4 Å². The molecule has 3 aromatic rings. The predicted octanol–water partition coefficient (Wildman–Crippen LogP) is 4.62. The van der Waals surface area contributed by atoms with Gasteiger partial charge in [0, 0.05) is 12.5 Å². The van der Waals surface area contributed by atoms with Crippen molar-refractivity contribution in [3.8, 4) is 11.1 Å². The molecule has 2 atom stereocenters. The molecule has 1 aliphatic rings. The van der Waals surface area contributed by atoms with Crippen LogP contribution in [0.3, 0.4) is 0 Å². The van der Waals surface area contributed by atoms with Crippen molar-refractivity contribution in [2.45, 2.75) is 31.3 Å². The molecule has 0 spiro atoms. The monoisotopic (exact) mass is 371 g/mol. The van der Waals surface area contributed by atoms with Crippen molar-refractivity contribution < 1.29 is 9.90 Å². The number of hydrogen-bond donors (Lipinski definition) is 1. The number of benzene rings is 3. The smallest absolute Gasteiger partial charge is 0.223 e. The van der Waals surface area contributed by atoms with Crippen LogP contribution in [0.25, 0.3) is 11.1 Å². The third-order valence-corrected chi connectivity index (χ3v) is 5.60. The second-order valence-electron chi connectivity index (χ2n) is 7.37. The van der Waals surface area contributed by atoms with Crippen LogP contribution in [0.2, 0.25) is 0 Å². The van der Waals surface area contributed by atoms with Gasteiger partial charge in [0.15, 0.2) is 0 Å². The zero-order valence-corrected chi connectivity index (χ0v) is 15.9. The van der Waals surface area contributed by atoms with Gasteiger partial charge in [-0.3, -0.25) is 4.79 Å². The van der Waals surface area contributed by atoms with E-state index >= 15 is 0 Å². The van der Waals surface area contributed by atoms with Gasteiger partial charge in [-0.1, -0.05) is 84.9 Å². The lowest BCUT2D eigenvalue weighted by Crippen LogP contribution is -2.39. The van der Waals surface area contributed by atoms with Gasteiger partial charge in [-0.15, -0.1) is 0 Å². The average Bonchev–Trinajstić information content (AvgIpc) is 3.11. The highest BCUT2D eigenvalue weighted by Gasteiger charge is 2.36. The number of aliphatic hydroxyl groups is 1. The zero-order valence-electron chi connectivity index (χ0n) is 15.9. The van der Waals surface area contributed by atoms with Crippen LogP contribution in [0.15, 0.2) is 84.9 Å². The summed E-state index contributed by atoms with van der Waals surface area (Å²) in [7, 11) is 0. The Kier molecular flexibility index (Phi) is 5.54. The largest absolute Gasteiger partial charge is 0.394 e. The van der Waals surface area contributed by atoms with E-state index in [4.69, 9.17) is 0 Å². The number of nitrogens with zero attached hydrogens (tertiary/aromatic N) is 1. The first-order valence-electron chi connectivity index (χ1n) is 9.87. The summed E-state index contributed by atoms with van der Waals surface area (Å²) in [6.07, 6.45) is 2.20. The number of hydrogen-bond acceptors (Lipinski definition) is 2. The molecule has 0 aromatic heterocycles. The van der Waals surface area contributed by atoms with Gasteiger partial charge in [-0.25, -0.2) is 0 Å². The molecular weight excluding hydrogens is 346 g/mol. The van der Waals surface area contributed by atoms with Crippen molar-refractivity contribution >= 4 is 5.91 Å². The number of likely N-dealkylation sites (tertiary alicyclic amines) is 1. The Balaban J connectivity index is 1.52. The molecule has 0 saturated carbocycles. The summed E-state index contributed by atoms with van der Waals surface area (Å²) in [6.45, 7) is -0.0564. The molecule has 1 saturated heterocycles. The predicted molar refractivity (Wildman–Crippen MR) is 112 cm³/mol. The van der Waals surface area contributed by atoms with Gasteiger partial charge in [-0.2, -0.15) is 0 Å². The molecule has 0 radical (unpaired) electrons. The Labute approximate surface area is 166 Å². The molecule has 1 amide bonds. The van der Waals surface area contributed by atoms with E-state index in [1.165, 1.54) is 16.7 Å². The van der Waals surface area contributed by atoms with Crippen molar-refractivity contribution in [3.63, 3.8) is 0 Å². The topological polar surface area (TPSA) is 40.5 Å². The third-order valence-electron chi connectivity index (χ3n) is 5.60. The van der Waals surface area contributed by atoms with Crippen molar-refractivity contribution in [3.05, 3.63) is 96.1 Å². The number of rotatable bonds is 6. The van der Waals surface area contributed by atoms with E-state index in [-0.39, 0.29) is 24.6 Å². The standard InChI is InChI=1S/C25H25NO2/c27-18-24(22-9-5-2-6-10-22)26-23(15-16-25(26)28)17-19-11-13-21(14-12-19)20-7-3-1-4-8-20/h1-14,23-24,27H,15-18H2/t23?,24-/m0/s1. The number of aliphatic hydroxyl groups excluding tert-OH is 1. The van der Waals surface area contributed by atoms with Gasteiger partial charge < -0.3 is 10.0 Å². The van der Waals surface area contributed by atoms with Crippen LogP contribution in [0.1, 0.15) is 30.0 Å². The molecular formula is C25H25NO2. The van der Waals surface area contributed by atoms with Crippen LogP contribution < -0.4 is 0 Å². The molecule has 3 nitrogen and oxygen atoms in total. The van der Waals surface area contributed by atoms with Crippen molar-refractivity contribution in [2.24, 2.45) is 0 Å². The zero-order chi connectivity index (χ0) is 19.3.